The second-order valence-electron chi connectivity index (χ2n) is 2.48. The number of rotatable bonds is 6. The molecular weight excluding hydrogens is 193 g/mol. The van der Waals surface area contributed by atoms with E-state index in [1.54, 1.807) is 0 Å². The van der Waals surface area contributed by atoms with E-state index < -0.39 is 7.60 Å². The summed E-state index contributed by atoms with van der Waals surface area (Å²) in [6.07, 6.45) is 2.13. The van der Waals surface area contributed by atoms with Gasteiger partial charge in [-0.25, -0.2) is 0 Å². The van der Waals surface area contributed by atoms with Crippen LogP contribution >= 0.6 is 7.60 Å². The summed E-state index contributed by atoms with van der Waals surface area (Å²) in [4.78, 5) is 0. The van der Waals surface area contributed by atoms with Gasteiger partial charge in [0.25, 0.3) is 0 Å². The zero-order valence-electron chi connectivity index (χ0n) is 8.19. The first-order chi connectivity index (χ1) is 6.14. The molecule has 13 heavy (non-hydrogen) atoms. The maximum absolute atomic E-state index is 11.7. The second kappa shape index (κ2) is 6.13. The number of hydrogen-bond donors (Lipinski definition) is 1. The molecule has 0 aliphatic heterocycles. The van der Waals surface area contributed by atoms with Crippen molar-refractivity contribution in [2.24, 2.45) is 5.16 Å². The average molecular weight is 209 g/mol. The van der Waals surface area contributed by atoms with E-state index in [1.807, 2.05) is 6.92 Å². The van der Waals surface area contributed by atoms with Crippen LogP contribution in [0, 0.1) is 0 Å². The Balaban J connectivity index is 4.47. The Labute approximate surface area is 78.3 Å². The first-order valence-electron chi connectivity index (χ1n) is 4.07. The summed E-state index contributed by atoms with van der Waals surface area (Å²) in [6, 6.07) is 0. The van der Waals surface area contributed by atoms with Crippen LogP contribution in [0.25, 0.3) is 0 Å². The Bertz CT molecular complexity index is 209. The Morgan fingerprint density at radius 2 is 2.00 bits per heavy atom. The molecule has 0 aromatic rings. The first kappa shape index (κ1) is 12.6. The van der Waals surface area contributed by atoms with Gasteiger partial charge in [-0.05, 0) is 6.42 Å². The standard InChI is InChI=1S/C7H16NO4P/c1-4-5-6-7(8-9)13(10,11-2)12-3/h9H,4-6H2,1-3H3/b8-7-. The van der Waals surface area contributed by atoms with Crippen LogP contribution < -0.4 is 0 Å². The Morgan fingerprint density at radius 3 is 2.31 bits per heavy atom. The lowest BCUT2D eigenvalue weighted by atomic mass is 10.3. The monoisotopic (exact) mass is 209 g/mol. The van der Waals surface area contributed by atoms with Gasteiger partial charge in [0.05, 0.1) is 0 Å². The molecule has 0 radical (unpaired) electrons. The lowest BCUT2D eigenvalue weighted by molar-refractivity contribution is 0.282. The summed E-state index contributed by atoms with van der Waals surface area (Å²) in [5, 5.41) is 11.5. The van der Waals surface area contributed by atoms with Crippen LogP contribution in [0.1, 0.15) is 26.2 Å². The normalized spacial score (nSPS) is 13.3. The number of oxime groups is 1. The van der Waals surface area contributed by atoms with Crippen LogP contribution in [0.3, 0.4) is 0 Å². The van der Waals surface area contributed by atoms with Gasteiger partial charge in [0, 0.05) is 20.6 Å². The smallest absolute Gasteiger partial charge is 0.378 e. The molecule has 0 bridgehead atoms. The molecule has 5 nitrogen and oxygen atoms in total. The van der Waals surface area contributed by atoms with Crippen molar-refractivity contribution in [2.45, 2.75) is 26.2 Å². The fraction of sp³-hybridized carbons (Fsp3) is 0.857. The van der Waals surface area contributed by atoms with E-state index in [4.69, 9.17) is 5.21 Å². The number of nitrogens with zero attached hydrogens (tertiary/aromatic N) is 1. The van der Waals surface area contributed by atoms with Crippen LogP contribution in [0.5, 0.6) is 0 Å². The Hall–Kier alpha value is -0.380. The van der Waals surface area contributed by atoms with Gasteiger partial charge in [-0.15, -0.1) is 0 Å². The third-order valence-electron chi connectivity index (χ3n) is 1.67. The zero-order chi connectivity index (χ0) is 10.3. The van der Waals surface area contributed by atoms with E-state index in [0.717, 1.165) is 12.8 Å². The van der Waals surface area contributed by atoms with Crippen molar-refractivity contribution < 1.29 is 18.8 Å². The summed E-state index contributed by atoms with van der Waals surface area (Å²) >= 11 is 0. The van der Waals surface area contributed by atoms with Crippen molar-refractivity contribution in [3.05, 3.63) is 0 Å². The van der Waals surface area contributed by atoms with Crippen LogP contribution in [0.4, 0.5) is 0 Å². The van der Waals surface area contributed by atoms with Crippen molar-refractivity contribution in [1.29, 1.82) is 0 Å². The van der Waals surface area contributed by atoms with E-state index in [-0.39, 0.29) is 5.45 Å². The van der Waals surface area contributed by atoms with Crippen molar-refractivity contribution >= 4 is 13.0 Å². The van der Waals surface area contributed by atoms with Gasteiger partial charge in [0.2, 0.25) is 0 Å². The molecule has 0 spiro atoms. The SMILES string of the molecule is CCCC/C(=N/O)P(=O)(OC)OC. The van der Waals surface area contributed by atoms with E-state index >= 15 is 0 Å². The number of unbranched alkanes of at least 4 members (excludes halogenated alkanes) is 1. The van der Waals surface area contributed by atoms with Gasteiger partial charge >= 0.3 is 7.60 Å². The lowest BCUT2D eigenvalue weighted by Gasteiger charge is -2.13. The third-order valence-corrected chi connectivity index (χ3v) is 3.57. The molecule has 0 saturated heterocycles. The third kappa shape index (κ3) is 3.46. The molecule has 0 aliphatic rings. The van der Waals surface area contributed by atoms with Crippen LogP contribution in [0.15, 0.2) is 5.16 Å². The first-order valence-corrected chi connectivity index (χ1v) is 5.61. The van der Waals surface area contributed by atoms with Gasteiger partial charge < -0.3 is 14.3 Å². The fourth-order valence-corrected chi connectivity index (χ4v) is 1.97. The van der Waals surface area contributed by atoms with Crippen LogP contribution in [0.2, 0.25) is 0 Å². The maximum atomic E-state index is 11.7. The predicted molar refractivity (Wildman–Crippen MR) is 50.4 cm³/mol. The topological polar surface area (TPSA) is 68.1 Å². The zero-order valence-corrected chi connectivity index (χ0v) is 9.08. The van der Waals surface area contributed by atoms with E-state index in [1.165, 1.54) is 14.2 Å². The summed E-state index contributed by atoms with van der Waals surface area (Å²) in [5.41, 5.74) is 0.0827. The molecule has 0 fully saturated rings. The molecular formula is C7H16NO4P. The maximum Gasteiger partial charge on any atom is 0.378 e. The van der Waals surface area contributed by atoms with E-state index in [0.29, 0.717) is 6.42 Å². The second-order valence-corrected chi connectivity index (χ2v) is 4.72. The quantitative estimate of drug-likeness (QED) is 0.316. The molecule has 0 atom stereocenters. The minimum Gasteiger partial charge on any atom is -0.410 e. The van der Waals surface area contributed by atoms with Crippen molar-refractivity contribution in [3.8, 4) is 0 Å². The van der Waals surface area contributed by atoms with Crippen molar-refractivity contribution in [1.82, 2.24) is 0 Å². The van der Waals surface area contributed by atoms with Crippen LogP contribution in [-0.2, 0) is 13.6 Å². The highest BCUT2D eigenvalue weighted by Crippen LogP contribution is 2.49. The minimum absolute atomic E-state index is 0.0827. The predicted octanol–water partition coefficient (Wildman–Crippen LogP) is 2.45. The Morgan fingerprint density at radius 1 is 1.46 bits per heavy atom. The summed E-state index contributed by atoms with van der Waals surface area (Å²) in [6.45, 7) is 1.99. The Kier molecular flexibility index (Phi) is 5.95. The highest BCUT2D eigenvalue weighted by molar-refractivity contribution is 7.72. The fourth-order valence-electron chi connectivity index (χ4n) is 0.862. The molecule has 0 heterocycles. The van der Waals surface area contributed by atoms with Crippen LogP contribution in [-0.4, -0.2) is 24.9 Å². The van der Waals surface area contributed by atoms with Crippen molar-refractivity contribution in [2.75, 3.05) is 14.2 Å². The summed E-state index contributed by atoms with van der Waals surface area (Å²) in [7, 11) is -0.790. The molecule has 1 N–H and O–H groups in total. The largest absolute Gasteiger partial charge is 0.410 e. The summed E-state index contributed by atoms with van der Waals surface area (Å²) in [5.74, 6) is 0. The van der Waals surface area contributed by atoms with Crippen molar-refractivity contribution in [3.63, 3.8) is 0 Å². The van der Waals surface area contributed by atoms with E-state index in [2.05, 4.69) is 14.2 Å². The van der Waals surface area contributed by atoms with Gasteiger partial charge in [0.15, 0.2) is 5.45 Å². The average Bonchev–Trinajstić information content (AvgIpc) is 2.18. The molecule has 0 rings (SSSR count). The molecule has 0 aromatic carbocycles. The molecule has 0 aromatic heterocycles. The minimum atomic E-state index is -3.32. The highest BCUT2D eigenvalue weighted by atomic mass is 31.2. The summed E-state index contributed by atoms with van der Waals surface area (Å²) < 4.78 is 21.0. The molecule has 6 heteroatoms. The molecule has 0 unspecified atom stereocenters. The highest BCUT2D eigenvalue weighted by Gasteiger charge is 2.29. The molecule has 0 saturated carbocycles. The molecule has 0 amide bonds. The molecule has 78 valence electrons. The van der Waals surface area contributed by atoms with Gasteiger partial charge in [-0.2, -0.15) is 0 Å². The van der Waals surface area contributed by atoms with Gasteiger partial charge in [-0.1, -0.05) is 18.5 Å². The van der Waals surface area contributed by atoms with Gasteiger partial charge in [0.1, 0.15) is 0 Å². The lowest BCUT2D eigenvalue weighted by Crippen LogP contribution is -2.04. The van der Waals surface area contributed by atoms with Gasteiger partial charge in [-0.3, -0.25) is 4.57 Å². The van der Waals surface area contributed by atoms with E-state index in [9.17, 15) is 4.57 Å². The number of hydrogen-bond acceptors (Lipinski definition) is 5. The molecule has 0 aliphatic carbocycles.